The molecule has 2 nitrogen and oxygen atoms in total. The van der Waals surface area contributed by atoms with E-state index in [1.54, 1.807) is 0 Å². The highest BCUT2D eigenvalue weighted by Gasteiger charge is 2.42. The number of imidazole rings is 1. The third-order valence-corrected chi connectivity index (χ3v) is 4.80. The quantitative estimate of drug-likeness (QED) is 0.705. The van der Waals surface area contributed by atoms with Crippen LogP contribution in [-0.4, -0.2) is 15.4 Å². The van der Waals surface area contributed by atoms with E-state index in [1.807, 2.05) is 0 Å². The fourth-order valence-electron chi connectivity index (χ4n) is 3.32. The lowest BCUT2D eigenvalue weighted by Gasteiger charge is -2.17. The maximum atomic E-state index is 5.97. The van der Waals surface area contributed by atoms with Crippen LogP contribution in [0.4, 0.5) is 0 Å². The zero-order valence-corrected chi connectivity index (χ0v) is 13.2. The van der Waals surface area contributed by atoms with Crippen LogP contribution in [0.2, 0.25) is 0 Å². The number of alkyl halides is 1. The van der Waals surface area contributed by atoms with E-state index < -0.39 is 0 Å². The Balaban J connectivity index is 2.03. The Morgan fingerprint density at radius 2 is 2.15 bits per heavy atom. The molecule has 1 saturated carbocycles. The molecular formula is C17H23ClN2. The summed E-state index contributed by atoms with van der Waals surface area (Å²) in [5.41, 5.74) is 4.23. The van der Waals surface area contributed by atoms with Crippen LogP contribution in [0.1, 0.15) is 44.0 Å². The molecule has 1 aliphatic carbocycles. The molecule has 3 rings (SSSR count). The number of rotatable bonds is 6. The van der Waals surface area contributed by atoms with Crippen molar-refractivity contribution in [2.75, 3.05) is 5.88 Å². The molecule has 0 unspecified atom stereocenters. The Bertz CT molecular complexity index is 611. The van der Waals surface area contributed by atoms with Crippen LogP contribution >= 0.6 is 11.6 Å². The summed E-state index contributed by atoms with van der Waals surface area (Å²) in [6.45, 7) is 5.55. The van der Waals surface area contributed by atoms with Crippen molar-refractivity contribution in [2.45, 2.75) is 52.5 Å². The van der Waals surface area contributed by atoms with E-state index in [9.17, 15) is 0 Å². The number of benzene rings is 1. The fourth-order valence-corrected chi connectivity index (χ4v) is 3.49. The lowest BCUT2D eigenvalue weighted by Crippen LogP contribution is -2.14. The molecule has 1 heterocycles. The van der Waals surface area contributed by atoms with Crippen LogP contribution in [-0.2, 0) is 13.0 Å². The number of nitrogens with zero attached hydrogens (tertiary/aromatic N) is 2. The van der Waals surface area contributed by atoms with Gasteiger partial charge in [-0.15, -0.1) is 11.6 Å². The summed E-state index contributed by atoms with van der Waals surface area (Å²) in [7, 11) is 0. The van der Waals surface area contributed by atoms with Crippen LogP contribution in [0.5, 0.6) is 0 Å². The van der Waals surface area contributed by atoms with Gasteiger partial charge in [0.2, 0.25) is 0 Å². The van der Waals surface area contributed by atoms with Gasteiger partial charge in [0.1, 0.15) is 5.82 Å². The first-order valence-corrected chi connectivity index (χ1v) is 8.23. The minimum absolute atomic E-state index is 0.535. The van der Waals surface area contributed by atoms with Crippen molar-refractivity contribution in [1.29, 1.82) is 0 Å². The molecule has 1 aromatic carbocycles. The molecule has 2 aromatic rings. The maximum Gasteiger partial charge on any atom is 0.111 e. The molecular weight excluding hydrogens is 268 g/mol. The molecule has 0 bridgehead atoms. The first-order chi connectivity index (χ1) is 9.69. The first kappa shape index (κ1) is 13.9. The third kappa shape index (κ3) is 2.46. The SMILES string of the molecule is CCCC1(Cn2c(CCCl)nc3c(C)cccc32)CC1. The summed E-state index contributed by atoms with van der Waals surface area (Å²) < 4.78 is 2.44. The molecule has 0 radical (unpaired) electrons. The molecule has 0 spiro atoms. The Morgan fingerprint density at radius 1 is 1.35 bits per heavy atom. The van der Waals surface area contributed by atoms with Gasteiger partial charge in [0.25, 0.3) is 0 Å². The summed E-state index contributed by atoms with van der Waals surface area (Å²) in [6, 6.07) is 6.48. The highest BCUT2D eigenvalue weighted by atomic mass is 35.5. The van der Waals surface area contributed by atoms with Crippen molar-refractivity contribution in [2.24, 2.45) is 5.41 Å². The average Bonchev–Trinajstić information content (AvgIpc) is 3.09. The second kappa shape index (κ2) is 5.40. The van der Waals surface area contributed by atoms with Crippen molar-refractivity contribution in [3.05, 3.63) is 29.6 Å². The molecule has 0 aliphatic heterocycles. The van der Waals surface area contributed by atoms with E-state index in [1.165, 1.54) is 36.8 Å². The zero-order chi connectivity index (χ0) is 14.2. The standard InChI is InChI=1S/C17H23ClN2/c1-3-8-17(9-10-17)12-20-14-6-4-5-13(2)16(14)19-15(20)7-11-18/h4-6H,3,7-12H2,1-2H3. The summed E-state index contributed by atoms with van der Waals surface area (Å²) in [5.74, 6) is 1.80. The highest BCUT2D eigenvalue weighted by Crippen LogP contribution is 2.51. The second-order valence-corrected chi connectivity index (χ2v) is 6.62. The van der Waals surface area contributed by atoms with Crippen molar-refractivity contribution < 1.29 is 0 Å². The van der Waals surface area contributed by atoms with Gasteiger partial charge in [-0.05, 0) is 43.2 Å². The van der Waals surface area contributed by atoms with Gasteiger partial charge >= 0.3 is 0 Å². The van der Waals surface area contributed by atoms with Crippen LogP contribution < -0.4 is 0 Å². The number of hydrogen-bond acceptors (Lipinski definition) is 1. The first-order valence-electron chi connectivity index (χ1n) is 7.70. The van der Waals surface area contributed by atoms with Gasteiger partial charge in [0.15, 0.2) is 0 Å². The summed E-state index contributed by atoms with van der Waals surface area (Å²) in [5, 5.41) is 0. The van der Waals surface area contributed by atoms with Crippen LogP contribution in [0.3, 0.4) is 0 Å². The Labute approximate surface area is 126 Å². The summed E-state index contributed by atoms with van der Waals surface area (Å²) >= 11 is 5.97. The number of hydrogen-bond donors (Lipinski definition) is 0. The molecule has 108 valence electrons. The van der Waals surface area contributed by atoms with Gasteiger partial charge in [0.05, 0.1) is 11.0 Å². The molecule has 3 heteroatoms. The van der Waals surface area contributed by atoms with E-state index in [4.69, 9.17) is 16.6 Å². The maximum absolute atomic E-state index is 5.97. The Morgan fingerprint density at radius 3 is 2.80 bits per heavy atom. The zero-order valence-electron chi connectivity index (χ0n) is 12.5. The lowest BCUT2D eigenvalue weighted by molar-refractivity contribution is 0.387. The van der Waals surface area contributed by atoms with Crippen LogP contribution in [0.25, 0.3) is 11.0 Å². The number of para-hydroxylation sites is 1. The molecule has 0 N–H and O–H groups in total. The fraction of sp³-hybridized carbons (Fsp3) is 0.588. The Hall–Kier alpha value is -1.02. The second-order valence-electron chi connectivity index (χ2n) is 6.25. The molecule has 1 aromatic heterocycles. The molecule has 0 saturated heterocycles. The van der Waals surface area contributed by atoms with Crippen LogP contribution in [0.15, 0.2) is 18.2 Å². The Kier molecular flexibility index (Phi) is 3.76. The van der Waals surface area contributed by atoms with E-state index in [0.717, 1.165) is 24.3 Å². The van der Waals surface area contributed by atoms with E-state index >= 15 is 0 Å². The predicted molar refractivity (Wildman–Crippen MR) is 85.5 cm³/mol. The minimum Gasteiger partial charge on any atom is -0.327 e. The van der Waals surface area contributed by atoms with Crippen molar-refractivity contribution in [1.82, 2.24) is 9.55 Å². The van der Waals surface area contributed by atoms with Gasteiger partial charge < -0.3 is 4.57 Å². The van der Waals surface area contributed by atoms with E-state index in [-0.39, 0.29) is 0 Å². The minimum atomic E-state index is 0.535. The molecule has 1 fully saturated rings. The predicted octanol–water partition coefficient (Wildman–Crippen LogP) is 4.71. The lowest BCUT2D eigenvalue weighted by atomic mass is 10.0. The van der Waals surface area contributed by atoms with Crippen molar-refractivity contribution in [3.63, 3.8) is 0 Å². The number of halogens is 1. The van der Waals surface area contributed by atoms with Crippen LogP contribution in [0, 0.1) is 12.3 Å². The normalized spacial score (nSPS) is 16.8. The largest absolute Gasteiger partial charge is 0.327 e. The summed E-state index contributed by atoms with van der Waals surface area (Å²) in [6.07, 6.45) is 6.20. The molecule has 0 atom stereocenters. The topological polar surface area (TPSA) is 17.8 Å². The smallest absolute Gasteiger partial charge is 0.111 e. The number of aryl methyl sites for hydroxylation is 2. The molecule has 0 amide bonds. The van der Waals surface area contributed by atoms with Gasteiger partial charge in [-0.25, -0.2) is 4.98 Å². The molecule has 1 aliphatic rings. The summed E-state index contributed by atoms with van der Waals surface area (Å²) in [4.78, 5) is 4.85. The van der Waals surface area contributed by atoms with Gasteiger partial charge in [-0.1, -0.05) is 25.5 Å². The van der Waals surface area contributed by atoms with Gasteiger partial charge in [-0.2, -0.15) is 0 Å². The number of fused-ring (bicyclic) bond motifs is 1. The van der Waals surface area contributed by atoms with E-state index in [2.05, 4.69) is 36.6 Å². The third-order valence-electron chi connectivity index (χ3n) is 4.61. The number of aromatic nitrogens is 2. The van der Waals surface area contributed by atoms with Crippen molar-refractivity contribution >= 4 is 22.6 Å². The highest BCUT2D eigenvalue weighted by molar-refractivity contribution is 6.17. The average molecular weight is 291 g/mol. The van der Waals surface area contributed by atoms with Gasteiger partial charge in [-0.3, -0.25) is 0 Å². The van der Waals surface area contributed by atoms with Gasteiger partial charge in [0, 0.05) is 18.8 Å². The van der Waals surface area contributed by atoms with E-state index in [0.29, 0.717) is 11.3 Å². The molecule has 20 heavy (non-hydrogen) atoms. The monoisotopic (exact) mass is 290 g/mol. The van der Waals surface area contributed by atoms with Crippen molar-refractivity contribution in [3.8, 4) is 0 Å².